The number of hydrogen-bond acceptors (Lipinski definition) is 3. The molecule has 1 aliphatic rings. The van der Waals surface area contributed by atoms with Crippen molar-refractivity contribution in [2.45, 2.75) is 12.3 Å². The molecule has 90 valence electrons. The van der Waals surface area contributed by atoms with E-state index in [0.717, 1.165) is 9.13 Å². The minimum absolute atomic E-state index is 0.126. The van der Waals surface area contributed by atoms with Gasteiger partial charge in [0.05, 0.1) is 13.0 Å². The lowest BCUT2D eigenvalue weighted by Gasteiger charge is -2.12. The van der Waals surface area contributed by atoms with Crippen LogP contribution in [0.2, 0.25) is 0 Å². The van der Waals surface area contributed by atoms with E-state index in [1.54, 1.807) is 7.11 Å². The molecular weight excluding hydrogens is 333 g/mol. The summed E-state index contributed by atoms with van der Waals surface area (Å²) >= 11 is 2.17. The standard InChI is InChI=1S/C12H12INO3/c1-14-11(15)6-9(12(14)16)8-5-7(17-2)3-4-10(8)13/h3-5,9H,6H2,1-2H3. The molecule has 0 N–H and O–H groups in total. The quantitative estimate of drug-likeness (QED) is 0.606. The van der Waals surface area contributed by atoms with Crippen LogP contribution in [-0.2, 0) is 9.59 Å². The lowest BCUT2D eigenvalue weighted by atomic mass is 9.97. The Morgan fingerprint density at radius 2 is 2.12 bits per heavy atom. The van der Waals surface area contributed by atoms with Gasteiger partial charge in [0.15, 0.2) is 0 Å². The van der Waals surface area contributed by atoms with Crippen LogP contribution in [0.5, 0.6) is 5.75 Å². The summed E-state index contributed by atoms with van der Waals surface area (Å²) in [5.41, 5.74) is 0.868. The van der Waals surface area contributed by atoms with Crippen LogP contribution < -0.4 is 4.74 Å². The van der Waals surface area contributed by atoms with Crippen molar-refractivity contribution in [2.24, 2.45) is 0 Å². The molecule has 0 aromatic heterocycles. The van der Waals surface area contributed by atoms with Gasteiger partial charge in [-0.05, 0) is 46.4 Å². The number of hydrogen-bond donors (Lipinski definition) is 0. The molecule has 0 saturated carbocycles. The highest BCUT2D eigenvalue weighted by Crippen LogP contribution is 2.33. The number of imide groups is 1. The van der Waals surface area contributed by atoms with E-state index in [-0.39, 0.29) is 24.2 Å². The number of nitrogens with zero attached hydrogens (tertiary/aromatic N) is 1. The highest BCUT2D eigenvalue weighted by Gasteiger charge is 2.37. The first kappa shape index (κ1) is 12.3. The van der Waals surface area contributed by atoms with Gasteiger partial charge in [0.1, 0.15) is 5.75 Å². The Kier molecular flexibility index (Phi) is 3.37. The van der Waals surface area contributed by atoms with E-state index in [2.05, 4.69) is 22.6 Å². The smallest absolute Gasteiger partial charge is 0.237 e. The van der Waals surface area contributed by atoms with Gasteiger partial charge in [0.25, 0.3) is 0 Å². The van der Waals surface area contributed by atoms with E-state index in [1.807, 2.05) is 18.2 Å². The summed E-state index contributed by atoms with van der Waals surface area (Å²) in [4.78, 5) is 24.6. The third-order valence-corrected chi connectivity index (χ3v) is 3.94. The fourth-order valence-corrected chi connectivity index (χ4v) is 2.63. The SMILES string of the molecule is COc1ccc(I)c(C2CC(=O)N(C)C2=O)c1. The van der Waals surface area contributed by atoms with Crippen molar-refractivity contribution >= 4 is 34.4 Å². The topological polar surface area (TPSA) is 46.6 Å². The zero-order valence-electron chi connectivity index (χ0n) is 9.57. The van der Waals surface area contributed by atoms with Crippen LogP contribution in [0.25, 0.3) is 0 Å². The van der Waals surface area contributed by atoms with Crippen LogP contribution in [0.15, 0.2) is 18.2 Å². The summed E-state index contributed by atoms with van der Waals surface area (Å²) in [5, 5.41) is 0. The number of benzene rings is 1. The zero-order chi connectivity index (χ0) is 12.6. The van der Waals surface area contributed by atoms with Crippen LogP contribution in [0.1, 0.15) is 17.9 Å². The van der Waals surface area contributed by atoms with E-state index >= 15 is 0 Å². The second kappa shape index (κ2) is 4.64. The predicted octanol–water partition coefficient (Wildman–Crippen LogP) is 1.77. The van der Waals surface area contributed by atoms with E-state index in [9.17, 15) is 9.59 Å². The van der Waals surface area contributed by atoms with Gasteiger partial charge < -0.3 is 4.74 Å². The van der Waals surface area contributed by atoms with Crippen LogP contribution in [0.4, 0.5) is 0 Å². The second-order valence-corrected chi connectivity index (χ2v) is 5.10. The van der Waals surface area contributed by atoms with Crippen molar-refractivity contribution in [1.82, 2.24) is 4.90 Å². The van der Waals surface area contributed by atoms with Crippen LogP contribution in [0.3, 0.4) is 0 Å². The first-order valence-electron chi connectivity index (χ1n) is 5.18. The van der Waals surface area contributed by atoms with Crippen molar-refractivity contribution in [2.75, 3.05) is 14.2 Å². The molecule has 0 aliphatic carbocycles. The van der Waals surface area contributed by atoms with Crippen molar-refractivity contribution in [1.29, 1.82) is 0 Å². The summed E-state index contributed by atoms with van der Waals surface area (Å²) in [6.45, 7) is 0. The molecule has 1 fully saturated rings. The van der Waals surface area contributed by atoms with Crippen molar-refractivity contribution in [3.8, 4) is 5.75 Å². The number of carbonyl (C=O) groups excluding carboxylic acids is 2. The summed E-state index contributed by atoms with van der Waals surface area (Å²) in [6, 6.07) is 5.57. The predicted molar refractivity (Wildman–Crippen MR) is 70.8 cm³/mol. The molecule has 4 nitrogen and oxygen atoms in total. The summed E-state index contributed by atoms with van der Waals surface area (Å²) in [5.74, 6) is 0.0736. The molecule has 1 aliphatic heterocycles. The molecular formula is C12H12INO3. The van der Waals surface area contributed by atoms with Crippen LogP contribution in [0, 0.1) is 3.57 Å². The molecule has 17 heavy (non-hydrogen) atoms. The number of amides is 2. The number of likely N-dealkylation sites (N-methyl/N-ethyl adjacent to an activating group) is 1. The number of methoxy groups -OCH3 is 1. The Bertz CT molecular complexity index is 487. The number of halogens is 1. The van der Waals surface area contributed by atoms with Crippen LogP contribution >= 0.6 is 22.6 Å². The molecule has 2 amide bonds. The molecule has 1 heterocycles. The molecule has 0 bridgehead atoms. The maximum Gasteiger partial charge on any atom is 0.237 e. The van der Waals surface area contributed by atoms with Gasteiger partial charge in [-0.1, -0.05) is 0 Å². The third-order valence-electron chi connectivity index (χ3n) is 2.96. The first-order chi connectivity index (χ1) is 8.04. The Balaban J connectivity index is 2.41. The maximum atomic E-state index is 11.9. The van der Waals surface area contributed by atoms with E-state index in [1.165, 1.54) is 11.9 Å². The average molecular weight is 345 g/mol. The van der Waals surface area contributed by atoms with Crippen molar-refractivity contribution < 1.29 is 14.3 Å². The van der Waals surface area contributed by atoms with E-state index in [0.29, 0.717) is 5.75 Å². The molecule has 1 aromatic carbocycles. The Labute approximate surface area is 113 Å². The average Bonchev–Trinajstić information content (AvgIpc) is 2.58. The van der Waals surface area contributed by atoms with Gasteiger partial charge >= 0.3 is 0 Å². The molecule has 1 unspecified atom stereocenters. The van der Waals surface area contributed by atoms with E-state index < -0.39 is 0 Å². The maximum absolute atomic E-state index is 11.9. The highest BCUT2D eigenvalue weighted by atomic mass is 127. The van der Waals surface area contributed by atoms with Gasteiger partial charge in [-0.15, -0.1) is 0 Å². The summed E-state index contributed by atoms with van der Waals surface area (Å²) in [7, 11) is 3.11. The highest BCUT2D eigenvalue weighted by molar-refractivity contribution is 14.1. The van der Waals surface area contributed by atoms with Crippen molar-refractivity contribution in [3.63, 3.8) is 0 Å². The first-order valence-corrected chi connectivity index (χ1v) is 6.26. The van der Waals surface area contributed by atoms with E-state index in [4.69, 9.17) is 4.74 Å². The summed E-state index contributed by atoms with van der Waals surface area (Å²) < 4.78 is 6.12. The molecule has 5 heteroatoms. The van der Waals surface area contributed by atoms with Gasteiger partial charge in [-0.25, -0.2) is 0 Å². The normalized spacial score (nSPS) is 19.9. The minimum atomic E-state index is -0.366. The van der Waals surface area contributed by atoms with Gasteiger partial charge in [-0.2, -0.15) is 0 Å². The number of carbonyl (C=O) groups is 2. The van der Waals surface area contributed by atoms with Crippen molar-refractivity contribution in [3.05, 3.63) is 27.3 Å². The number of ether oxygens (including phenoxy) is 1. The Hall–Kier alpha value is -1.11. The Morgan fingerprint density at radius 3 is 2.65 bits per heavy atom. The van der Waals surface area contributed by atoms with Gasteiger partial charge in [-0.3, -0.25) is 14.5 Å². The third kappa shape index (κ3) is 2.15. The number of likely N-dealkylation sites (tertiary alicyclic amines) is 1. The zero-order valence-corrected chi connectivity index (χ0v) is 11.7. The second-order valence-electron chi connectivity index (χ2n) is 3.94. The molecule has 1 aromatic rings. The molecule has 1 atom stereocenters. The largest absolute Gasteiger partial charge is 0.497 e. The molecule has 0 radical (unpaired) electrons. The number of rotatable bonds is 2. The summed E-state index contributed by atoms with van der Waals surface area (Å²) in [6.07, 6.45) is 0.249. The lowest BCUT2D eigenvalue weighted by Crippen LogP contribution is -2.25. The Morgan fingerprint density at radius 1 is 1.41 bits per heavy atom. The van der Waals surface area contributed by atoms with Crippen LogP contribution in [-0.4, -0.2) is 30.9 Å². The minimum Gasteiger partial charge on any atom is -0.497 e. The monoisotopic (exact) mass is 345 g/mol. The fraction of sp³-hybridized carbons (Fsp3) is 0.333. The van der Waals surface area contributed by atoms with Gasteiger partial charge in [0, 0.05) is 17.0 Å². The van der Waals surface area contributed by atoms with Gasteiger partial charge in [0.2, 0.25) is 11.8 Å². The molecule has 2 rings (SSSR count). The molecule has 0 spiro atoms. The molecule has 1 saturated heterocycles. The fourth-order valence-electron chi connectivity index (χ4n) is 1.91. The lowest BCUT2D eigenvalue weighted by molar-refractivity contribution is -0.137.